The van der Waals surface area contributed by atoms with Crippen LogP contribution >= 0.6 is 0 Å². The van der Waals surface area contributed by atoms with Crippen LogP contribution in [0, 0.1) is 0 Å². The molecule has 3 aliphatic rings. The van der Waals surface area contributed by atoms with Crippen LogP contribution in [0.3, 0.4) is 0 Å². The highest BCUT2D eigenvalue weighted by molar-refractivity contribution is 5.66. The largest absolute Gasteiger partial charge is 0.497 e. The Labute approximate surface area is 180 Å². The van der Waals surface area contributed by atoms with Gasteiger partial charge in [-0.3, -0.25) is 4.98 Å². The number of hydrogen-bond acceptors (Lipinski definition) is 6. The molecule has 3 aromatic heterocycles. The number of fused-ring (bicyclic) bond motifs is 3. The zero-order valence-corrected chi connectivity index (χ0v) is 17.4. The van der Waals surface area contributed by atoms with Crippen molar-refractivity contribution in [3.63, 3.8) is 0 Å². The van der Waals surface area contributed by atoms with Crippen molar-refractivity contribution in [1.29, 1.82) is 0 Å². The lowest BCUT2D eigenvalue weighted by molar-refractivity contribution is 0.265. The van der Waals surface area contributed by atoms with E-state index in [9.17, 15) is 0 Å². The summed E-state index contributed by atoms with van der Waals surface area (Å²) in [6, 6.07) is 13.7. The van der Waals surface area contributed by atoms with Gasteiger partial charge in [-0.25, -0.2) is 0 Å². The van der Waals surface area contributed by atoms with E-state index in [0.717, 1.165) is 22.7 Å². The first kappa shape index (κ1) is 18.3. The quantitative estimate of drug-likeness (QED) is 0.479. The van der Waals surface area contributed by atoms with Crippen molar-refractivity contribution in [3.05, 3.63) is 65.5 Å². The Hall–Kier alpha value is -3.48. The molecule has 156 valence electrons. The van der Waals surface area contributed by atoms with Gasteiger partial charge in [0, 0.05) is 22.9 Å². The molecule has 0 spiro atoms. The van der Waals surface area contributed by atoms with Crippen molar-refractivity contribution in [2.75, 3.05) is 7.11 Å². The molecular weight excluding hydrogens is 390 g/mol. The summed E-state index contributed by atoms with van der Waals surface area (Å²) in [5.74, 6) is 3.13. The van der Waals surface area contributed by atoms with Crippen LogP contribution in [-0.4, -0.2) is 31.9 Å². The zero-order chi connectivity index (χ0) is 20.8. The van der Waals surface area contributed by atoms with E-state index in [4.69, 9.17) is 14.6 Å². The van der Waals surface area contributed by atoms with E-state index >= 15 is 0 Å². The summed E-state index contributed by atoms with van der Waals surface area (Å²) in [5, 5.41) is 14.0. The van der Waals surface area contributed by atoms with Gasteiger partial charge in [0.2, 0.25) is 5.88 Å². The molecule has 0 saturated heterocycles. The molecule has 1 saturated carbocycles. The molecule has 4 aromatic rings. The lowest BCUT2D eigenvalue weighted by Gasteiger charge is -2.38. The molecule has 3 heterocycles. The third-order valence-corrected chi connectivity index (χ3v) is 6.55. The molecule has 1 aromatic carbocycles. The van der Waals surface area contributed by atoms with Crippen LogP contribution < -0.4 is 9.47 Å². The summed E-state index contributed by atoms with van der Waals surface area (Å²) in [5.41, 5.74) is 5.16. The molecule has 3 aliphatic carbocycles. The number of nitrogens with zero attached hydrogens (tertiary/aromatic N) is 5. The Morgan fingerprint density at radius 3 is 2.58 bits per heavy atom. The van der Waals surface area contributed by atoms with Gasteiger partial charge in [0.15, 0.2) is 11.5 Å². The number of hydrogen-bond donors (Lipinski definition) is 0. The maximum absolute atomic E-state index is 6.28. The average molecular weight is 413 g/mol. The fourth-order valence-electron chi connectivity index (χ4n) is 5.07. The molecule has 0 radical (unpaired) electrons. The van der Waals surface area contributed by atoms with Crippen molar-refractivity contribution in [1.82, 2.24) is 24.8 Å². The molecule has 7 nitrogen and oxygen atoms in total. The average Bonchev–Trinajstić information content (AvgIpc) is 3.28. The Morgan fingerprint density at radius 1 is 0.968 bits per heavy atom. The van der Waals surface area contributed by atoms with Gasteiger partial charge in [-0.05, 0) is 61.8 Å². The standard InChI is InChI=1S/C24H23N5O2/c1-30-19-7-4-5-17(13-19)22-26-27-23-20-15-8-10-16(11-9-15)21(20)24(28-29(22)23)31-14-18-6-2-3-12-25-18/h2-7,12-13,15-16H,8-11,14H2,1H3. The predicted octanol–water partition coefficient (Wildman–Crippen LogP) is 4.53. The van der Waals surface area contributed by atoms with E-state index in [1.165, 1.54) is 36.8 Å². The Kier molecular flexibility index (Phi) is 4.33. The molecule has 0 N–H and O–H groups in total. The Bertz CT molecular complexity index is 1250. The van der Waals surface area contributed by atoms with Crippen molar-refractivity contribution in [2.45, 2.75) is 44.1 Å². The molecule has 0 atom stereocenters. The van der Waals surface area contributed by atoms with Gasteiger partial charge in [0.1, 0.15) is 12.4 Å². The summed E-state index contributed by atoms with van der Waals surface area (Å²) in [4.78, 5) is 4.39. The number of pyridine rings is 1. The molecule has 7 heteroatoms. The SMILES string of the molecule is COc1cccc(-c2nnc3c4c(c(OCc5ccccn5)nn23)C2CCC4CC2)c1. The zero-order valence-electron chi connectivity index (χ0n) is 17.4. The molecule has 2 bridgehead atoms. The molecule has 1 fully saturated rings. The van der Waals surface area contributed by atoms with E-state index in [1.807, 2.05) is 47.0 Å². The van der Waals surface area contributed by atoms with Crippen molar-refractivity contribution < 1.29 is 9.47 Å². The lowest BCUT2D eigenvalue weighted by atomic mass is 9.67. The summed E-state index contributed by atoms with van der Waals surface area (Å²) < 4.78 is 13.5. The Balaban J connectivity index is 1.50. The van der Waals surface area contributed by atoms with Gasteiger partial charge in [0.25, 0.3) is 0 Å². The van der Waals surface area contributed by atoms with Gasteiger partial charge in [-0.1, -0.05) is 18.2 Å². The minimum atomic E-state index is 0.389. The summed E-state index contributed by atoms with van der Waals surface area (Å²) >= 11 is 0. The van der Waals surface area contributed by atoms with Crippen LogP contribution in [0.2, 0.25) is 0 Å². The number of benzene rings is 1. The second-order valence-electron chi connectivity index (χ2n) is 8.28. The summed E-state index contributed by atoms with van der Waals surface area (Å²) in [7, 11) is 1.66. The van der Waals surface area contributed by atoms with Crippen molar-refractivity contribution in [2.24, 2.45) is 0 Å². The minimum absolute atomic E-state index is 0.389. The van der Waals surface area contributed by atoms with Crippen LogP contribution in [0.1, 0.15) is 54.3 Å². The normalized spacial score (nSPS) is 19.4. The third kappa shape index (κ3) is 3.03. The van der Waals surface area contributed by atoms with Crippen molar-refractivity contribution >= 4 is 5.65 Å². The maximum atomic E-state index is 6.28. The van der Waals surface area contributed by atoms with Gasteiger partial charge < -0.3 is 9.47 Å². The first-order valence-electron chi connectivity index (χ1n) is 10.8. The van der Waals surface area contributed by atoms with E-state index in [1.54, 1.807) is 13.3 Å². The van der Waals surface area contributed by atoms with Crippen LogP contribution in [-0.2, 0) is 6.61 Å². The van der Waals surface area contributed by atoms with Crippen LogP contribution in [0.25, 0.3) is 17.0 Å². The van der Waals surface area contributed by atoms with E-state index in [-0.39, 0.29) is 0 Å². The highest BCUT2D eigenvalue weighted by atomic mass is 16.5. The minimum Gasteiger partial charge on any atom is -0.497 e. The smallest absolute Gasteiger partial charge is 0.236 e. The molecule has 31 heavy (non-hydrogen) atoms. The van der Waals surface area contributed by atoms with Crippen LogP contribution in [0.5, 0.6) is 11.6 Å². The van der Waals surface area contributed by atoms with Gasteiger partial charge >= 0.3 is 0 Å². The number of ether oxygens (including phenoxy) is 2. The van der Waals surface area contributed by atoms with Crippen molar-refractivity contribution in [3.8, 4) is 23.0 Å². The van der Waals surface area contributed by atoms with E-state index in [0.29, 0.717) is 30.1 Å². The highest BCUT2D eigenvalue weighted by Gasteiger charge is 2.39. The predicted molar refractivity (Wildman–Crippen MR) is 115 cm³/mol. The highest BCUT2D eigenvalue weighted by Crippen LogP contribution is 2.53. The molecular formula is C24H23N5O2. The van der Waals surface area contributed by atoms with Gasteiger partial charge in [0.05, 0.1) is 12.8 Å². The molecule has 0 amide bonds. The molecule has 0 unspecified atom stereocenters. The van der Waals surface area contributed by atoms with E-state index in [2.05, 4.69) is 15.2 Å². The second-order valence-corrected chi connectivity index (χ2v) is 8.28. The molecule has 7 rings (SSSR count). The lowest BCUT2D eigenvalue weighted by Crippen LogP contribution is -2.25. The number of methoxy groups -OCH3 is 1. The summed E-state index contributed by atoms with van der Waals surface area (Å²) in [6.45, 7) is 0.389. The number of aromatic nitrogens is 5. The molecule has 0 aliphatic heterocycles. The third-order valence-electron chi connectivity index (χ3n) is 6.55. The summed E-state index contributed by atoms with van der Waals surface area (Å²) in [6.07, 6.45) is 6.54. The first-order valence-corrected chi connectivity index (χ1v) is 10.8. The Morgan fingerprint density at radius 2 is 1.81 bits per heavy atom. The van der Waals surface area contributed by atoms with E-state index < -0.39 is 0 Å². The van der Waals surface area contributed by atoms with Crippen LogP contribution in [0.4, 0.5) is 0 Å². The monoisotopic (exact) mass is 413 g/mol. The number of rotatable bonds is 5. The fourth-order valence-corrected chi connectivity index (χ4v) is 5.07. The van der Waals surface area contributed by atoms with Crippen LogP contribution in [0.15, 0.2) is 48.7 Å². The first-order chi connectivity index (χ1) is 15.3. The second kappa shape index (κ2) is 7.34. The topological polar surface area (TPSA) is 74.4 Å². The fraction of sp³-hybridized carbons (Fsp3) is 0.333. The van der Waals surface area contributed by atoms with Gasteiger partial charge in [-0.15, -0.1) is 15.3 Å². The van der Waals surface area contributed by atoms with Gasteiger partial charge in [-0.2, -0.15) is 4.52 Å². The maximum Gasteiger partial charge on any atom is 0.236 e.